The maximum absolute atomic E-state index is 5.89. The van der Waals surface area contributed by atoms with Crippen LogP contribution in [0.4, 0.5) is 5.69 Å². The number of nitrogens with zero attached hydrogens (tertiary/aromatic N) is 2. The third kappa shape index (κ3) is 2.11. The van der Waals surface area contributed by atoms with Crippen LogP contribution < -0.4 is 5.73 Å². The number of hydrogen-bond acceptors (Lipinski definition) is 2. The van der Waals surface area contributed by atoms with Crippen molar-refractivity contribution < 1.29 is 0 Å². The molecule has 2 heterocycles. The summed E-state index contributed by atoms with van der Waals surface area (Å²) in [6, 6.07) is 12.1. The van der Waals surface area contributed by atoms with Gasteiger partial charge in [0, 0.05) is 23.3 Å². The van der Waals surface area contributed by atoms with E-state index in [1.807, 2.05) is 41.1 Å². The van der Waals surface area contributed by atoms with Gasteiger partial charge in [0.15, 0.2) is 5.65 Å². The fourth-order valence-electron chi connectivity index (χ4n) is 1.98. The second-order valence-electron chi connectivity index (χ2n) is 4.23. The van der Waals surface area contributed by atoms with Crippen LogP contribution in [0.3, 0.4) is 0 Å². The van der Waals surface area contributed by atoms with E-state index in [9.17, 15) is 0 Å². The SMILES string of the molecule is Nc1cccn2cc(Cc3ccc(Br)cc3)nc12. The van der Waals surface area contributed by atoms with Crippen molar-refractivity contribution in [3.8, 4) is 0 Å². The summed E-state index contributed by atoms with van der Waals surface area (Å²) in [4.78, 5) is 4.56. The Morgan fingerprint density at radius 1 is 1.17 bits per heavy atom. The molecule has 0 fully saturated rings. The molecule has 18 heavy (non-hydrogen) atoms. The fourth-order valence-corrected chi connectivity index (χ4v) is 2.25. The zero-order valence-corrected chi connectivity index (χ0v) is 11.3. The van der Waals surface area contributed by atoms with Crippen LogP contribution in [-0.2, 0) is 6.42 Å². The van der Waals surface area contributed by atoms with Crippen LogP contribution in [0.2, 0.25) is 0 Å². The summed E-state index contributed by atoms with van der Waals surface area (Å²) in [5.41, 5.74) is 9.68. The van der Waals surface area contributed by atoms with Crippen LogP contribution in [0.15, 0.2) is 53.3 Å². The van der Waals surface area contributed by atoms with Crippen molar-refractivity contribution in [2.24, 2.45) is 0 Å². The van der Waals surface area contributed by atoms with E-state index in [0.717, 1.165) is 22.2 Å². The molecule has 0 aliphatic carbocycles. The van der Waals surface area contributed by atoms with Crippen molar-refractivity contribution in [1.29, 1.82) is 0 Å². The molecule has 1 aromatic carbocycles. The number of benzene rings is 1. The van der Waals surface area contributed by atoms with Crippen molar-refractivity contribution in [3.63, 3.8) is 0 Å². The highest BCUT2D eigenvalue weighted by Crippen LogP contribution is 2.16. The number of fused-ring (bicyclic) bond motifs is 1. The van der Waals surface area contributed by atoms with Gasteiger partial charge in [0.25, 0.3) is 0 Å². The molecule has 0 saturated carbocycles. The first-order chi connectivity index (χ1) is 8.72. The molecule has 2 aromatic heterocycles. The Labute approximate surface area is 113 Å². The Morgan fingerprint density at radius 3 is 2.67 bits per heavy atom. The molecule has 0 unspecified atom stereocenters. The summed E-state index contributed by atoms with van der Waals surface area (Å²) in [6.07, 6.45) is 4.80. The van der Waals surface area contributed by atoms with Gasteiger partial charge in [-0.1, -0.05) is 28.1 Å². The molecular weight excluding hydrogens is 290 g/mol. The van der Waals surface area contributed by atoms with Gasteiger partial charge in [0.2, 0.25) is 0 Å². The number of pyridine rings is 1. The number of nitrogen functional groups attached to an aromatic ring is 1. The maximum atomic E-state index is 5.89. The lowest BCUT2D eigenvalue weighted by Crippen LogP contribution is -1.90. The molecule has 0 spiro atoms. The molecule has 0 bridgehead atoms. The van der Waals surface area contributed by atoms with Gasteiger partial charge < -0.3 is 10.1 Å². The van der Waals surface area contributed by atoms with Gasteiger partial charge in [0.05, 0.1) is 11.4 Å². The van der Waals surface area contributed by atoms with Crippen LogP contribution in [0, 0.1) is 0 Å². The molecule has 3 aromatic rings. The minimum Gasteiger partial charge on any atom is -0.396 e. The number of anilines is 1. The van der Waals surface area contributed by atoms with E-state index in [2.05, 4.69) is 33.0 Å². The van der Waals surface area contributed by atoms with Gasteiger partial charge in [-0.2, -0.15) is 0 Å². The van der Waals surface area contributed by atoms with Gasteiger partial charge >= 0.3 is 0 Å². The highest BCUT2D eigenvalue weighted by atomic mass is 79.9. The summed E-state index contributed by atoms with van der Waals surface area (Å²) in [5.74, 6) is 0. The van der Waals surface area contributed by atoms with E-state index < -0.39 is 0 Å². The summed E-state index contributed by atoms with van der Waals surface area (Å²) < 4.78 is 3.05. The summed E-state index contributed by atoms with van der Waals surface area (Å²) >= 11 is 3.43. The summed E-state index contributed by atoms with van der Waals surface area (Å²) in [5, 5.41) is 0. The zero-order valence-electron chi connectivity index (χ0n) is 9.68. The van der Waals surface area contributed by atoms with Crippen molar-refractivity contribution in [2.75, 3.05) is 5.73 Å². The first kappa shape index (κ1) is 11.3. The maximum Gasteiger partial charge on any atom is 0.160 e. The molecule has 0 aliphatic rings. The van der Waals surface area contributed by atoms with Crippen molar-refractivity contribution >= 4 is 27.3 Å². The second kappa shape index (κ2) is 4.46. The summed E-state index contributed by atoms with van der Waals surface area (Å²) in [6.45, 7) is 0. The van der Waals surface area contributed by atoms with Crippen LogP contribution >= 0.6 is 15.9 Å². The molecule has 0 aliphatic heterocycles. The van der Waals surface area contributed by atoms with Crippen LogP contribution in [0.1, 0.15) is 11.3 Å². The number of rotatable bonds is 2. The van der Waals surface area contributed by atoms with Gasteiger partial charge in [-0.3, -0.25) is 0 Å². The lowest BCUT2D eigenvalue weighted by atomic mass is 10.1. The Kier molecular flexibility index (Phi) is 2.80. The number of halogens is 1. The lowest BCUT2D eigenvalue weighted by molar-refractivity contribution is 1.11. The van der Waals surface area contributed by atoms with E-state index in [4.69, 9.17) is 5.73 Å². The monoisotopic (exact) mass is 301 g/mol. The molecule has 90 valence electrons. The van der Waals surface area contributed by atoms with Crippen LogP contribution in [0.25, 0.3) is 5.65 Å². The number of hydrogen-bond donors (Lipinski definition) is 1. The van der Waals surface area contributed by atoms with E-state index >= 15 is 0 Å². The van der Waals surface area contributed by atoms with E-state index in [1.165, 1.54) is 5.56 Å². The topological polar surface area (TPSA) is 43.3 Å². The van der Waals surface area contributed by atoms with Crippen LogP contribution in [0.5, 0.6) is 0 Å². The quantitative estimate of drug-likeness (QED) is 0.789. The Hall–Kier alpha value is -1.81. The molecule has 0 radical (unpaired) electrons. The smallest absolute Gasteiger partial charge is 0.160 e. The third-order valence-electron chi connectivity index (χ3n) is 2.86. The Morgan fingerprint density at radius 2 is 1.94 bits per heavy atom. The predicted octanol–water partition coefficient (Wildman–Crippen LogP) is 3.27. The highest BCUT2D eigenvalue weighted by Gasteiger charge is 2.04. The zero-order chi connectivity index (χ0) is 12.5. The van der Waals surface area contributed by atoms with Gasteiger partial charge in [-0.25, -0.2) is 4.98 Å². The molecular formula is C14H12BrN3. The van der Waals surface area contributed by atoms with Gasteiger partial charge in [0.1, 0.15) is 0 Å². The summed E-state index contributed by atoms with van der Waals surface area (Å²) in [7, 11) is 0. The van der Waals surface area contributed by atoms with Crippen molar-refractivity contribution in [1.82, 2.24) is 9.38 Å². The van der Waals surface area contributed by atoms with Crippen molar-refractivity contribution in [2.45, 2.75) is 6.42 Å². The second-order valence-corrected chi connectivity index (χ2v) is 5.15. The minimum atomic E-state index is 0.708. The fraction of sp³-hybridized carbons (Fsp3) is 0.0714. The highest BCUT2D eigenvalue weighted by molar-refractivity contribution is 9.10. The average Bonchev–Trinajstić information content (AvgIpc) is 2.76. The largest absolute Gasteiger partial charge is 0.396 e. The molecule has 4 heteroatoms. The third-order valence-corrected chi connectivity index (χ3v) is 3.39. The van der Waals surface area contributed by atoms with E-state index in [0.29, 0.717) is 5.69 Å². The Balaban J connectivity index is 1.95. The number of aromatic nitrogens is 2. The molecule has 0 amide bonds. The first-order valence-corrected chi connectivity index (χ1v) is 6.48. The van der Waals surface area contributed by atoms with E-state index in [-0.39, 0.29) is 0 Å². The van der Waals surface area contributed by atoms with E-state index in [1.54, 1.807) is 0 Å². The Bertz CT molecular complexity index is 686. The number of imidazole rings is 1. The predicted molar refractivity (Wildman–Crippen MR) is 76.6 cm³/mol. The molecule has 2 N–H and O–H groups in total. The van der Waals surface area contributed by atoms with Gasteiger partial charge in [-0.15, -0.1) is 0 Å². The first-order valence-electron chi connectivity index (χ1n) is 5.69. The van der Waals surface area contributed by atoms with Crippen LogP contribution in [-0.4, -0.2) is 9.38 Å². The number of nitrogens with two attached hydrogens (primary N) is 1. The lowest BCUT2D eigenvalue weighted by Gasteiger charge is -1.97. The minimum absolute atomic E-state index is 0.708. The van der Waals surface area contributed by atoms with Crippen molar-refractivity contribution in [3.05, 3.63) is 64.5 Å². The normalized spacial score (nSPS) is 10.9. The van der Waals surface area contributed by atoms with Gasteiger partial charge in [-0.05, 0) is 29.8 Å². The molecule has 0 saturated heterocycles. The average molecular weight is 302 g/mol. The molecule has 0 atom stereocenters. The molecule has 3 nitrogen and oxygen atoms in total. The molecule has 3 rings (SSSR count). The standard InChI is InChI=1S/C14H12BrN3/c15-11-5-3-10(4-6-11)8-12-9-18-7-1-2-13(16)14(18)17-12/h1-7,9H,8,16H2.